The Morgan fingerprint density at radius 1 is 0.857 bits per heavy atom. The van der Waals surface area contributed by atoms with E-state index in [2.05, 4.69) is 12.1 Å². The van der Waals surface area contributed by atoms with Gasteiger partial charge in [0.1, 0.15) is 0 Å². The number of thiophene rings is 1. The summed E-state index contributed by atoms with van der Waals surface area (Å²) in [6.07, 6.45) is 0.896. The average molecular weight is 292 g/mol. The minimum absolute atomic E-state index is 0.111. The lowest BCUT2D eigenvalue weighted by Crippen LogP contribution is -1.98. The quantitative estimate of drug-likeness (QED) is 0.626. The van der Waals surface area contributed by atoms with Gasteiger partial charge in [0.2, 0.25) is 5.78 Å². The van der Waals surface area contributed by atoms with Crippen molar-refractivity contribution in [2.24, 2.45) is 0 Å². The highest BCUT2D eigenvalue weighted by molar-refractivity contribution is 7.14. The number of hydrogen-bond acceptors (Lipinski definition) is 2. The molecule has 2 aromatic carbocycles. The monoisotopic (exact) mass is 292 g/mol. The van der Waals surface area contributed by atoms with Crippen molar-refractivity contribution >= 4 is 17.1 Å². The van der Waals surface area contributed by atoms with E-state index in [1.165, 1.54) is 16.0 Å². The Morgan fingerprint density at radius 2 is 1.52 bits per heavy atom. The molecule has 3 aromatic rings. The topological polar surface area (TPSA) is 17.1 Å². The lowest BCUT2D eigenvalue weighted by molar-refractivity contribution is 0.104. The zero-order valence-electron chi connectivity index (χ0n) is 11.9. The fourth-order valence-corrected chi connectivity index (χ4v) is 3.13. The first-order valence-electron chi connectivity index (χ1n) is 6.96. The zero-order valence-corrected chi connectivity index (χ0v) is 12.7. The minimum Gasteiger partial charge on any atom is -0.288 e. The Hall–Kier alpha value is -2.19. The predicted octanol–water partition coefficient (Wildman–Crippen LogP) is 4.88. The van der Waals surface area contributed by atoms with Gasteiger partial charge in [-0.3, -0.25) is 4.79 Å². The van der Waals surface area contributed by atoms with Crippen LogP contribution in [-0.4, -0.2) is 5.78 Å². The number of aryl methyl sites for hydroxylation is 1. The average Bonchev–Trinajstić information content (AvgIpc) is 2.95. The van der Waals surface area contributed by atoms with Crippen LogP contribution in [0.25, 0.3) is 0 Å². The van der Waals surface area contributed by atoms with Crippen molar-refractivity contribution in [2.75, 3.05) is 0 Å². The summed E-state index contributed by atoms with van der Waals surface area (Å²) >= 11 is 1.55. The standard InChI is InChI=1S/C19H16OS/c1-14-7-12-18(21-14)19(20)17-10-8-16(9-11-17)13-15-5-3-2-4-6-15/h2-12H,13H2,1H3. The third-order valence-corrected chi connectivity index (χ3v) is 4.43. The third-order valence-electron chi connectivity index (χ3n) is 3.43. The summed E-state index contributed by atoms with van der Waals surface area (Å²) < 4.78 is 0. The first-order chi connectivity index (χ1) is 10.2. The molecule has 0 fully saturated rings. The molecule has 1 nitrogen and oxygen atoms in total. The van der Waals surface area contributed by atoms with Crippen LogP contribution in [0.2, 0.25) is 0 Å². The summed E-state index contributed by atoms with van der Waals surface area (Å²) in [7, 11) is 0. The van der Waals surface area contributed by atoms with E-state index in [4.69, 9.17) is 0 Å². The molecule has 21 heavy (non-hydrogen) atoms. The van der Waals surface area contributed by atoms with Gasteiger partial charge in [-0.15, -0.1) is 11.3 Å². The molecule has 2 heteroatoms. The number of rotatable bonds is 4. The second kappa shape index (κ2) is 6.06. The van der Waals surface area contributed by atoms with Crippen molar-refractivity contribution in [3.8, 4) is 0 Å². The largest absolute Gasteiger partial charge is 0.288 e. The molecule has 0 saturated carbocycles. The highest BCUT2D eigenvalue weighted by Crippen LogP contribution is 2.20. The van der Waals surface area contributed by atoms with Crippen LogP contribution in [0, 0.1) is 6.92 Å². The molecule has 0 amide bonds. The van der Waals surface area contributed by atoms with Gasteiger partial charge < -0.3 is 0 Å². The van der Waals surface area contributed by atoms with Crippen LogP contribution >= 0.6 is 11.3 Å². The number of carbonyl (C=O) groups excluding carboxylic acids is 1. The lowest BCUT2D eigenvalue weighted by Gasteiger charge is -2.03. The summed E-state index contributed by atoms with van der Waals surface area (Å²) in [4.78, 5) is 14.3. The van der Waals surface area contributed by atoms with Crippen molar-refractivity contribution in [3.63, 3.8) is 0 Å². The zero-order chi connectivity index (χ0) is 14.7. The number of benzene rings is 2. The predicted molar refractivity (Wildman–Crippen MR) is 88.2 cm³/mol. The summed E-state index contributed by atoms with van der Waals surface area (Å²) in [6, 6.07) is 22.2. The fraction of sp³-hybridized carbons (Fsp3) is 0.105. The maximum atomic E-state index is 12.3. The van der Waals surface area contributed by atoms with Crippen molar-refractivity contribution < 1.29 is 4.79 Å². The molecule has 0 aliphatic heterocycles. The Kier molecular flexibility index (Phi) is 3.98. The van der Waals surface area contributed by atoms with Gasteiger partial charge in [-0.1, -0.05) is 54.6 Å². The second-order valence-electron chi connectivity index (χ2n) is 5.10. The Labute approximate surface area is 128 Å². The Morgan fingerprint density at radius 3 is 2.14 bits per heavy atom. The molecule has 0 aliphatic carbocycles. The Bertz CT molecular complexity index is 739. The van der Waals surface area contributed by atoms with Gasteiger partial charge in [-0.05, 0) is 36.6 Å². The van der Waals surface area contributed by atoms with Crippen LogP contribution in [0.15, 0.2) is 66.7 Å². The summed E-state index contributed by atoms with van der Waals surface area (Å²) in [6.45, 7) is 2.02. The Balaban J connectivity index is 1.76. The SMILES string of the molecule is Cc1ccc(C(=O)c2ccc(Cc3ccccc3)cc2)s1. The van der Waals surface area contributed by atoms with Gasteiger partial charge in [0.05, 0.1) is 4.88 Å². The molecule has 1 heterocycles. The summed E-state index contributed by atoms with van der Waals surface area (Å²) in [5, 5.41) is 0. The minimum atomic E-state index is 0.111. The van der Waals surface area contributed by atoms with E-state index in [0.29, 0.717) is 0 Å². The third kappa shape index (κ3) is 3.29. The van der Waals surface area contributed by atoms with Crippen molar-refractivity contribution in [3.05, 3.63) is 93.2 Å². The van der Waals surface area contributed by atoms with E-state index >= 15 is 0 Å². The van der Waals surface area contributed by atoms with Crippen LogP contribution in [0.5, 0.6) is 0 Å². The molecule has 0 N–H and O–H groups in total. The maximum Gasteiger partial charge on any atom is 0.202 e. The summed E-state index contributed by atoms with van der Waals surface area (Å²) in [5.74, 6) is 0.111. The smallest absolute Gasteiger partial charge is 0.202 e. The molecular weight excluding hydrogens is 276 g/mol. The van der Waals surface area contributed by atoms with Crippen LogP contribution in [0.3, 0.4) is 0 Å². The van der Waals surface area contributed by atoms with Crippen LogP contribution in [0.1, 0.15) is 31.2 Å². The molecule has 0 atom stereocenters. The molecule has 3 rings (SSSR count). The molecule has 0 bridgehead atoms. The van der Waals surface area contributed by atoms with E-state index in [-0.39, 0.29) is 5.78 Å². The lowest BCUT2D eigenvalue weighted by atomic mass is 10.0. The van der Waals surface area contributed by atoms with E-state index < -0.39 is 0 Å². The fourth-order valence-electron chi connectivity index (χ4n) is 2.30. The summed E-state index contributed by atoms with van der Waals surface area (Å²) in [5.41, 5.74) is 3.26. The molecule has 0 aliphatic rings. The van der Waals surface area contributed by atoms with Gasteiger partial charge in [-0.2, -0.15) is 0 Å². The van der Waals surface area contributed by atoms with Crippen molar-refractivity contribution in [1.29, 1.82) is 0 Å². The number of carbonyl (C=O) groups is 1. The van der Waals surface area contributed by atoms with E-state index in [0.717, 1.165) is 16.9 Å². The van der Waals surface area contributed by atoms with Gasteiger partial charge in [0.25, 0.3) is 0 Å². The molecule has 0 spiro atoms. The van der Waals surface area contributed by atoms with E-state index in [1.54, 1.807) is 11.3 Å². The normalized spacial score (nSPS) is 10.5. The van der Waals surface area contributed by atoms with Crippen molar-refractivity contribution in [1.82, 2.24) is 0 Å². The molecule has 0 radical (unpaired) electrons. The second-order valence-corrected chi connectivity index (χ2v) is 6.39. The van der Waals surface area contributed by atoms with Gasteiger partial charge in [0, 0.05) is 10.4 Å². The highest BCUT2D eigenvalue weighted by Gasteiger charge is 2.10. The molecular formula is C19H16OS. The first kappa shape index (κ1) is 13.8. The number of ketones is 1. The first-order valence-corrected chi connectivity index (χ1v) is 7.78. The van der Waals surface area contributed by atoms with Crippen LogP contribution in [0.4, 0.5) is 0 Å². The van der Waals surface area contributed by atoms with E-state index in [1.807, 2.05) is 61.5 Å². The highest BCUT2D eigenvalue weighted by atomic mass is 32.1. The van der Waals surface area contributed by atoms with Gasteiger partial charge in [0.15, 0.2) is 0 Å². The van der Waals surface area contributed by atoms with Crippen molar-refractivity contribution in [2.45, 2.75) is 13.3 Å². The van der Waals surface area contributed by atoms with Gasteiger partial charge in [-0.25, -0.2) is 0 Å². The molecule has 1 aromatic heterocycles. The van der Waals surface area contributed by atoms with E-state index in [9.17, 15) is 4.79 Å². The van der Waals surface area contributed by atoms with Gasteiger partial charge >= 0.3 is 0 Å². The molecule has 0 unspecified atom stereocenters. The molecule has 0 saturated heterocycles. The maximum absolute atomic E-state index is 12.3. The number of hydrogen-bond donors (Lipinski definition) is 0. The van der Waals surface area contributed by atoms with Crippen LogP contribution in [-0.2, 0) is 6.42 Å². The molecule has 104 valence electrons. The van der Waals surface area contributed by atoms with Crippen LogP contribution < -0.4 is 0 Å².